The van der Waals surface area contributed by atoms with E-state index in [2.05, 4.69) is 37.9 Å². The summed E-state index contributed by atoms with van der Waals surface area (Å²) in [6.07, 6.45) is 1.82. The van der Waals surface area contributed by atoms with Crippen molar-refractivity contribution in [2.75, 3.05) is 0 Å². The number of hydrogen-bond acceptors (Lipinski definition) is 1. The molecule has 1 radical (unpaired) electrons. The third-order valence-electron chi connectivity index (χ3n) is 1.95. The summed E-state index contributed by atoms with van der Waals surface area (Å²) in [5, 5.41) is 0. The van der Waals surface area contributed by atoms with E-state index in [1.807, 2.05) is 36.0 Å². The van der Waals surface area contributed by atoms with Crippen LogP contribution >= 0.6 is 31.9 Å². The maximum Gasteiger partial charge on any atom is 0.200 e. The second-order valence-corrected chi connectivity index (χ2v) is 4.75. The molecule has 77 valence electrons. The highest BCUT2D eigenvalue weighted by molar-refractivity contribution is 9.11. The summed E-state index contributed by atoms with van der Waals surface area (Å²) in [6.45, 7) is 0. The van der Waals surface area contributed by atoms with Crippen LogP contribution in [0, 0.1) is 6.07 Å². The van der Waals surface area contributed by atoms with E-state index in [1.54, 1.807) is 6.07 Å². The maximum absolute atomic E-state index is 5.75. The SMILES string of the molecule is Cn1c[c]cc1Oc1c(Br)cccc1Br. The van der Waals surface area contributed by atoms with E-state index in [-0.39, 0.29) is 0 Å². The van der Waals surface area contributed by atoms with Crippen LogP contribution in [0.15, 0.2) is 39.4 Å². The second-order valence-electron chi connectivity index (χ2n) is 3.04. The summed E-state index contributed by atoms with van der Waals surface area (Å²) >= 11 is 6.89. The van der Waals surface area contributed by atoms with Gasteiger partial charge in [0.25, 0.3) is 0 Å². The zero-order chi connectivity index (χ0) is 10.8. The molecule has 0 saturated heterocycles. The van der Waals surface area contributed by atoms with Crippen LogP contribution < -0.4 is 4.74 Å². The number of hydrogen-bond donors (Lipinski definition) is 0. The van der Waals surface area contributed by atoms with Gasteiger partial charge in [0.05, 0.1) is 8.95 Å². The van der Waals surface area contributed by atoms with Crippen molar-refractivity contribution in [3.8, 4) is 11.6 Å². The van der Waals surface area contributed by atoms with Crippen molar-refractivity contribution in [1.82, 2.24) is 4.57 Å². The van der Waals surface area contributed by atoms with Crippen LogP contribution in [0.1, 0.15) is 0 Å². The lowest BCUT2D eigenvalue weighted by atomic mass is 10.3. The molecule has 0 aliphatic heterocycles. The third-order valence-corrected chi connectivity index (χ3v) is 3.20. The van der Waals surface area contributed by atoms with Crippen molar-refractivity contribution in [3.05, 3.63) is 45.5 Å². The number of halogens is 2. The fourth-order valence-electron chi connectivity index (χ4n) is 1.17. The Hall–Kier alpha value is -0.740. The average Bonchev–Trinajstić information content (AvgIpc) is 2.58. The van der Waals surface area contributed by atoms with E-state index in [9.17, 15) is 0 Å². The highest BCUT2D eigenvalue weighted by atomic mass is 79.9. The molecule has 0 spiro atoms. The fourth-order valence-corrected chi connectivity index (χ4v) is 2.33. The highest BCUT2D eigenvalue weighted by Gasteiger charge is 2.08. The van der Waals surface area contributed by atoms with E-state index >= 15 is 0 Å². The zero-order valence-electron chi connectivity index (χ0n) is 8.00. The number of aryl methyl sites for hydroxylation is 1. The summed E-state index contributed by atoms with van der Waals surface area (Å²) in [7, 11) is 1.91. The minimum Gasteiger partial charge on any atom is -0.438 e. The van der Waals surface area contributed by atoms with Crippen molar-refractivity contribution < 1.29 is 4.74 Å². The first kappa shape index (κ1) is 10.8. The largest absolute Gasteiger partial charge is 0.438 e. The normalized spacial score (nSPS) is 10.3. The molecule has 0 atom stereocenters. The van der Waals surface area contributed by atoms with Crippen molar-refractivity contribution >= 4 is 31.9 Å². The van der Waals surface area contributed by atoms with Crippen molar-refractivity contribution in [1.29, 1.82) is 0 Å². The molecule has 2 aromatic rings. The van der Waals surface area contributed by atoms with Crippen LogP contribution in [0.25, 0.3) is 0 Å². The standard InChI is InChI=1S/C11H8Br2NO/c1-14-7-3-6-10(14)15-11-8(12)4-2-5-9(11)13/h2,4-7H,1H3. The zero-order valence-corrected chi connectivity index (χ0v) is 11.2. The molecule has 0 saturated carbocycles. The Labute approximate surface area is 105 Å². The summed E-state index contributed by atoms with van der Waals surface area (Å²) < 4.78 is 9.45. The molecule has 0 bridgehead atoms. The van der Waals surface area contributed by atoms with Crippen LogP contribution in [0.2, 0.25) is 0 Å². The van der Waals surface area contributed by atoms with Gasteiger partial charge in [-0.2, -0.15) is 0 Å². The highest BCUT2D eigenvalue weighted by Crippen LogP contribution is 2.36. The van der Waals surface area contributed by atoms with Gasteiger partial charge in [-0.15, -0.1) is 0 Å². The Kier molecular flexibility index (Phi) is 3.17. The molecule has 0 aliphatic rings. The summed E-state index contributed by atoms with van der Waals surface area (Å²) in [5.41, 5.74) is 0. The molecule has 0 amide bonds. The number of nitrogens with zero attached hydrogens (tertiary/aromatic N) is 1. The summed E-state index contributed by atoms with van der Waals surface area (Å²) in [5.74, 6) is 1.52. The van der Waals surface area contributed by atoms with E-state index in [1.165, 1.54) is 0 Å². The molecular weight excluding hydrogens is 322 g/mol. The molecule has 1 heterocycles. The van der Waals surface area contributed by atoms with Gasteiger partial charge < -0.3 is 9.30 Å². The van der Waals surface area contributed by atoms with Crippen molar-refractivity contribution in [3.63, 3.8) is 0 Å². The first-order valence-electron chi connectivity index (χ1n) is 4.33. The number of benzene rings is 1. The quantitative estimate of drug-likeness (QED) is 0.807. The van der Waals surface area contributed by atoms with E-state index < -0.39 is 0 Å². The number of rotatable bonds is 2. The Bertz CT molecular complexity index is 459. The molecule has 0 fully saturated rings. The van der Waals surface area contributed by atoms with Crippen LogP contribution in [0.5, 0.6) is 11.6 Å². The molecule has 15 heavy (non-hydrogen) atoms. The van der Waals surface area contributed by atoms with E-state index in [0.29, 0.717) is 0 Å². The van der Waals surface area contributed by atoms with Gasteiger partial charge in [-0.3, -0.25) is 0 Å². The Balaban J connectivity index is 2.36. The minimum atomic E-state index is 0.752. The molecular formula is C11H8Br2NO. The maximum atomic E-state index is 5.75. The Morgan fingerprint density at radius 1 is 1.27 bits per heavy atom. The lowest BCUT2D eigenvalue weighted by Crippen LogP contribution is -1.93. The van der Waals surface area contributed by atoms with Crippen molar-refractivity contribution in [2.45, 2.75) is 0 Å². The first-order chi connectivity index (χ1) is 7.18. The van der Waals surface area contributed by atoms with Gasteiger partial charge in [0.1, 0.15) is 0 Å². The van der Waals surface area contributed by atoms with Crippen LogP contribution in [-0.2, 0) is 7.05 Å². The average molecular weight is 330 g/mol. The van der Waals surface area contributed by atoms with Gasteiger partial charge >= 0.3 is 0 Å². The van der Waals surface area contributed by atoms with Crippen LogP contribution in [0.3, 0.4) is 0 Å². The second kappa shape index (κ2) is 4.41. The molecule has 2 rings (SSSR count). The monoisotopic (exact) mass is 328 g/mol. The molecule has 0 N–H and O–H groups in total. The molecule has 2 nitrogen and oxygen atoms in total. The lowest BCUT2D eigenvalue weighted by Gasteiger charge is -2.09. The number of para-hydroxylation sites is 1. The minimum absolute atomic E-state index is 0.752. The predicted octanol–water partition coefficient (Wildman–Crippen LogP) is 4.14. The van der Waals surface area contributed by atoms with Crippen molar-refractivity contribution in [2.24, 2.45) is 7.05 Å². The van der Waals surface area contributed by atoms with Gasteiger partial charge in [0, 0.05) is 25.4 Å². The lowest BCUT2D eigenvalue weighted by molar-refractivity contribution is 0.438. The van der Waals surface area contributed by atoms with E-state index in [0.717, 1.165) is 20.6 Å². The van der Waals surface area contributed by atoms with E-state index in [4.69, 9.17) is 4.74 Å². The summed E-state index contributed by atoms with van der Waals surface area (Å²) in [4.78, 5) is 0. The van der Waals surface area contributed by atoms with Gasteiger partial charge in [-0.05, 0) is 44.0 Å². The van der Waals surface area contributed by atoms with Gasteiger partial charge in [-0.25, -0.2) is 0 Å². The first-order valence-corrected chi connectivity index (χ1v) is 5.91. The molecule has 1 aromatic heterocycles. The molecule has 0 aliphatic carbocycles. The summed E-state index contributed by atoms with van der Waals surface area (Å²) in [6, 6.07) is 10.6. The Morgan fingerprint density at radius 2 is 1.93 bits per heavy atom. The topological polar surface area (TPSA) is 14.2 Å². The molecule has 4 heteroatoms. The predicted molar refractivity (Wildman–Crippen MR) is 66.2 cm³/mol. The third kappa shape index (κ3) is 2.26. The molecule has 1 aromatic carbocycles. The smallest absolute Gasteiger partial charge is 0.200 e. The fraction of sp³-hybridized carbons (Fsp3) is 0.0909. The van der Waals surface area contributed by atoms with Crippen LogP contribution in [-0.4, -0.2) is 4.57 Å². The number of aromatic nitrogens is 1. The van der Waals surface area contributed by atoms with Gasteiger partial charge in [0.15, 0.2) is 5.75 Å². The van der Waals surface area contributed by atoms with Gasteiger partial charge in [-0.1, -0.05) is 6.07 Å². The molecule has 0 unspecified atom stereocenters. The Morgan fingerprint density at radius 3 is 2.47 bits per heavy atom. The van der Waals surface area contributed by atoms with Gasteiger partial charge in [0.2, 0.25) is 5.88 Å². The van der Waals surface area contributed by atoms with Crippen LogP contribution in [0.4, 0.5) is 0 Å². The number of ether oxygens (including phenoxy) is 1.